The van der Waals surface area contributed by atoms with Crippen LogP contribution in [0.2, 0.25) is 0 Å². The van der Waals surface area contributed by atoms with Crippen LogP contribution in [0.15, 0.2) is 29.0 Å². The molecule has 0 saturated carbocycles. The molecule has 0 aromatic carbocycles. The lowest BCUT2D eigenvalue weighted by molar-refractivity contribution is -0.162. The van der Waals surface area contributed by atoms with Crippen molar-refractivity contribution in [2.45, 2.75) is 77.6 Å². The largest absolute Gasteiger partial charge is 0.462 e. The van der Waals surface area contributed by atoms with E-state index in [1.165, 1.54) is 0 Å². The Morgan fingerprint density at radius 3 is 2.82 bits per heavy atom. The monoisotopic (exact) mass is 479 g/mol. The van der Waals surface area contributed by atoms with Crippen molar-refractivity contribution in [2.75, 3.05) is 13.6 Å². The van der Waals surface area contributed by atoms with Gasteiger partial charge in [-0.1, -0.05) is 38.1 Å². The van der Waals surface area contributed by atoms with Gasteiger partial charge in [0.2, 0.25) is 6.79 Å². The fourth-order valence-electron chi connectivity index (χ4n) is 4.96. The lowest BCUT2D eigenvalue weighted by atomic mass is 9.66. The molecule has 0 spiro atoms. The molecular weight excluding hydrogens is 442 g/mol. The molecule has 2 aliphatic carbocycles. The number of nitrogens with zero attached hydrogens (tertiary/aromatic N) is 1. The number of aliphatic hydroxyl groups excluding tert-OH is 2. The van der Waals surface area contributed by atoms with Crippen LogP contribution in [0.25, 0.3) is 0 Å². The lowest BCUT2D eigenvalue weighted by Crippen LogP contribution is -2.42. The molecule has 1 aliphatic heterocycles. The summed E-state index contributed by atoms with van der Waals surface area (Å²) in [4.78, 5) is 29.6. The SMILES string of the molecule is CC[C@H](C)C(=O)O[C@H]1CC(=NOCOCO)C=C2C=C[C@H](C)[C@H](CC[C@@H]3C[C@@H](O)CC(=O)O3)C21. The van der Waals surface area contributed by atoms with Crippen LogP contribution in [-0.2, 0) is 28.6 Å². The number of cyclic esters (lactones) is 1. The van der Waals surface area contributed by atoms with Crippen molar-refractivity contribution in [1.82, 2.24) is 0 Å². The second-order valence-electron chi connectivity index (χ2n) is 9.49. The van der Waals surface area contributed by atoms with Gasteiger partial charge in [-0.15, -0.1) is 0 Å². The number of oxime groups is 1. The van der Waals surface area contributed by atoms with Gasteiger partial charge in [-0.2, -0.15) is 0 Å². The van der Waals surface area contributed by atoms with Crippen LogP contribution in [0.3, 0.4) is 0 Å². The molecule has 34 heavy (non-hydrogen) atoms. The molecule has 7 atom stereocenters. The fraction of sp³-hybridized carbons (Fsp3) is 0.720. The Bertz CT molecular complexity index is 807. The molecule has 0 radical (unpaired) electrons. The molecule has 1 unspecified atom stereocenters. The predicted molar refractivity (Wildman–Crippen MR) is 123 cm³/mol. The smallest absolute Gasteiger partial charge is 0.308 e. The molecule has 9 heteroatoms. The van der Waals surface area contributed by atoms with Crippen molar-refractivity contribution in [3.63, 3.8) is 0 Å². The minimum absolute atomic E-state index is 0.0233. The third kappa shape index (κ3) is 6.90. The molecule has 9 nitrogen and oxygen atoms in total. The Morgan fingerprint density at radius 1 is 1.32 bits per heavy atom. The van der Waals surface area contributed by atoms with E-state index in [4.69, 9.17) is 24.2 Å². The summed E-state index contributed by atoms with van der Waals surface area (Å²) < 4.78 is 16.2. The normalized spacial score (nSPS) is 33.0. The van der Waals surface area contributed by atoms with Gasteiger partial charge in [0, 0.05) is 18.8 Å². The van der Waals surface area contributed by atoms with Gasteiger partial charge in [0.05, 0.1) is 24.2 Å². The zero-order valence-corrected chi connectivity index (χ0v) is 20.2. The van der Waals surface area contributed by atoms with Gasteiger partial charge in [0.1, 0.15) is 19.0 Å². The van der Waals surface area contributed by atoms with Crippen LogP contribution in [-0.4, -0.2) is 59.8 Å². The molecule has 3 aliphatic rings. The molecule has 190 valence electrons. The van der Waals surface area contributed by atoms with Crippen LogP contribution in [0.5, 0.6) is 0 Å². The Labute approximate surface area is 200 Å². The first-order valence-electron chi connectivity index (χ1n) is 12.2. The van der Waals surface area contributed by atoms with Gasteiger partial charge in [-0.25, -0.2) is 0 Å². The molecule has 0 amide bonds. The number of hydrogen-bond acceptors (Lipinski definition) is 9. The minimum Gasteiger partial charge on any atom is -0.462 e. The number of aliphatic hydroxyl groups is 2. The molecule has 1 fully saturated rings. The van der Waals surface area contributed by atoms with E-state index in [-0.39, 0.29) is 54.9 Å². The number of allylic oxidation sites excluding steroid dienone is 3. The highest BCUT2D eigenvalue weighted by molar-refractivity contribution is 5.97. The molecule has 0 aromatic heterocycles. The second-order valence-corrected chi connectivity index (χ2v) is 9.49. The van der Waals surface area contributed by atoms with Crippen LogP contribution >= 0.6 is 0 Å². The summed E-state index contributed by atoms with van der Waals surface area (Å²) in [5.41, 5.74) is 1.65. The summed E-state index contributed by atoms with van der Waals surface area (Å²) in [7, 11) is 0. The summed E-state index contributed by atoms with van der Waals surface area (Å²) in [5, 5.41) is 22.8. The number of hydrogen-bond donors (Lipinski definition) is 2. The van der Waals surface area contributed by atoms with E-state index in [2.05, 4.69) is 24.2 Å². The fourth-order valence-corrected chi connectivity index (χ4v) is 4.96. The van der Waals surface area contributed by atoms with Gasteiger partial charge in [-0.05, 0) is 42.7 Å². The van der Waals surface area contributed by atoms with E-state index in [1.54, 1.807) is 0 Å². The highest BCUT2D eigenvalue weighted by atomic mass is 16.8. The maximum atomic E-state index is 12.7. The molecule has 1 heterocycles. The molecule has 1 saturated heterocycles. The molecular formula is C25H37NO8. The Kier molecular flexibility index (Phi) is 9.67. The van der Waals surface area contributed by atoms with Gasteiger partial charge < -0.3 is 29.3 Å². The summed E-state index contributed by atoms with van der Waals surface area (Å²) in [6, 6.07) is 0. The van der Waals surface area contributed by atoms with Crippen molar-refractivity contribution in [2.24, 2.45) is 28.8 Å². The topological polar surface area (TPSA) is 124 Å². The summed E-state index contributed by atoms with van der Waals surface area (Å²) >= 11 is 0. The maximum absolute atomic E-state index is 12.7. The zero-order valence-electron chi connectivity index (χ0n) is 20.2. The van der Waals surface area contributed by atoms with Crippen LogP contribution in [0.1, 0.15) is 59.3 Å². The van der Waals surface area contributed by atoms with E-state index in [1.807, 2.05) is 19.9 Å². The summed E-state index contributed by atoms with van der Waals surface area (Å²) in [6.45, 7) is 5.32. The number of esters is 2. The van der Waals surface area contributed by atoms with Gasteiger partial charge in [0.15, 0.2) is 0 Å². The Morgan fingerprint density at radius 2 is 2.12 bits per heavy atom. The number of ether oxygens (including phenoxy) is 3. The molecule has 0 bridgehead atoms. The highest BCUT2D eigenvalue weighted by Crippen LogP contribution is 2.44. The van der Waals surface area contributed by atoms with Crippen molar-refractivity contribution in [3.05, 3.63) is 23.8 Å². The van der Waals surface area contributed by atoms with Gasteiger partial charge >= 0.3 is 11.9 Å². The Hall–Kier alpha value is -2.23. The molecule has 0 aromatic rings. The van der Waals surface area contributed by atoms with E-state index in [0.29, 0.717) is 31.4 Å². The second kappa shape index (κ2) is 12.5. The molecule has 3 rings (SSSR count). The van der Waals surface area contributed by atoms with Crippen LogP contribution in [0.4, 0.5) is 0 Å². The lowest BCUT2D eigenvalue weighted by Gasteiger charge is -2.42. The van der Waals surface area contributed by atoms with Gasteiger partial charge in [-0.3, -0.25) is 9.59 Å². The van der Waals surface area contributed by atoms with Gasteiger partial charge in [0.25, 0.3) is 0 Å². The summed E-state index contributed by atoms with van der Waals surface area (Å²) in [6.07, 6.45) is 7.80. The average Bonchev–Trinajstić information content (AvgIpc) is 2.80. The highest BCUT2D eigenvalue weighted by Gasteiger charge is 2.42. The first kappa shape index (κ1) is 26.4. The zero-order chi connectivity index (χ0) is 24.7. The first-order chi connectivity index (χ1) is 16.3. The third-order valence-corrected chi connectivity index (χ3v) is 7.01. The standard InChI is InChI=1S/C25H37NO8/c1-4-15(2)25(30)34-22-10-18(26-32-14-31-13-27)9-17-6-5-16(3)21(24(17)22)8-7-20-11-19(28)12-23(29)33-20/h5-6,9,15-16,19-22,24,27-28H,4,7-8,10-14H2,1-3H3/t15-,16-,19+,20+,21-,22-,24?/m0/s1. The van der Waals surface area contributed by atoms with Crippen molar-refractivity contribution in [3.8, 4) is 0 Å². The predicted octanol–water partition coefficient (Wildman–Crippen LogP) is 2.86. The average molecular weight is 480 g/mol. The van der Waals surface area contributed by atoms with E-state index < -0.39 is 19.0 Å². The van der Waals surface area contributed by atoms with Crippen LogP contribution < -0.4 is 0 Å². The van der Waals surface area contributed by atoms with Crippen molar-refractivity contribution >= 4 is 17.7 Å². The van der Waals surface area contributed by atoms with Crippen molar-refractivity contribution < 1.29 is 38.9 Å². The Balaban J connectivity index is 1.79. The number of fused-ring (bicyclic) bond motifs is 1. The van der Waals surface area contributed by atoms with Crippen molar-refractivity contribution in [1.29, 1.82) is 0 Å². The number of rotatable bonds is 10. The minimum atomic E-state index is -0.655. The number of carbonyl (C=O) groups excluding carboxylic acids is 2. The summed E-state index contributed by atoms with van der Waals surface area (Å²) in [5.74, 6) is -0.410. The first-order valence-corrected chi connectivity index (χ1v) is 12.2. The molecule has 2 N–H and O–H groups in total. The third-order valence-electron chi connectivity index (χ3n) is 7.01. The van der Waals surface area contributed by atoms with E-state index >= 15 is 0 Å². The quantitative estimate of drug-likeness (QED) is 0.212. The van der Waals surface area contributed by atoms with E-state index in [9.17, 15) is 14.7 Å². The number of carbonyl (C=O) groups is 2. The maximum Gasteiger partial charge on any atom is 0.308 e. The van der Waals surface area contributed by atoms with Crippen LogP contribution in [0, 0.1) is 23.7 Å². The van der Waals surface area contributed by atoms with E-state index in [0.717, 1.165) is 12.0 Å².